The van der Waals surface area contributed by atoms with Gasteiger partial charge in [-0.15, -0.1) is 21.5 Å². The van der Waals surface area contributed by atoms with Crippen LogP contribution in [0.15, 0.2) is 53.0 Å². The number of hydrogen-bond donors (Lipinski definition) is 1. The van der Waals surface area contributed by atoms with Crippen LogP contribution in [-0.4, -0.2) is 32.5 Å². The number of rotatable bonds is 7. The standard InChI is InChI=1S/C18H20N4OS2/c1-3-13(2)19-16(23)12-25-18-21-20-17(15-10-7-11-24-15)22(18)14-8-5-4-6-9-14/h4-11,13H,3,12H2,1-2H3,(H,19,23). The Labute approximate surface area is 155 Å². The van der Waals surface area contributed by atoms with E-state index >= 15 is 0 Å². The zero-order chi connectivity index (χ0) is 17.6. The molecule has 0 spiro atoms. The van der Waals surface area contributed by atoms with Gasteiger partial charge in [-0.1, -0.05) is 43.0 Å². The van der Waals surface area contributed by atoms with E-state index in [9.17, 15) is 4.79 Å². The molecule has 130 valence electrons. The van der Waals surface area contributed by atoms with Crippen molar-refractivity contribution in [1.82, 2.24) is 20.1 Å². The highest BCUT2D eigenvalue weighted by atomic mass is 32.2. The Kier molecular flexibility index (Phi) is 5.88. The van der Waals surface area contributed by atoms with Crippen molar-refractivity contribution in [3.8, 4) is 16.4 Å². The summed E-state index contributed by atoms with van der Waals surface area (Å²) in [6.07, 6.45) is 0.916. The van der Waals surface area contributed by atoms with Crippen LogP contribution in [0.25, 0.3) is 16.4 Å². The first-order chi connectivity index (χ1) is 12.2. The number of nitrogens with zero attached hydrogens (tertiary/aromatic N) is 3. The molecule has 3 rings (SSSR count). The van der Waals surface area contributed by atoms with Crippen molar-refractivity contribution in [3.63, 3.8) is 0 Å². The molecule has 0 saturated heterocycles. The number of aromatic nitrogens is 3. The Morgan fingerprint density at radius 1 is 1.24 bits per heavy atom. The van der Waals surface area contributed by atoms with Gasteiger partial charge in [0.15, 0.2) is 11.0 Å². The number of nitrogens with one attached hydrogen (secondary N) is 1. The number of thioether (sulfide) groups is 1. The average Bonchev–Trinajstić information content (AvgIpc) is 3.29. The molecule has 0 bridgehead atoms. The Morgan fingerprint density at radius 3 is 2.72 bits per heavy atom. The SMILES string of the molecule is CCC(C)NC(=O)CSc1nnc(-c2cccs2)n1-c1ccccc1. The van der Waals surface area contributed by atoms with E-state index in [0.29, 0.717) is 10.9 Å². The minimum atomic E-state index is 0.0136. The number of para-hydroxylation sites is 1. The molecule has 5 nitrogen and oxygen atoms in total. The van der Waals surface area contributed by atoms with E-state index in [2.05, 4.69) is 22.4 Å². The number of benzene rings is 1. The Morgan fingerprint density at radius 2 is 2.04 bits per heavy atom. The van der Waals surface area contributed by atoms with Gasteiger partial charge in [0.2, 0.25) is 5.91 Å². The van der Waals surface area contributed by atoms with Crippen LogP contribution in [0.5, 0.6) is 0 Å². The number of carbonyl (C=O) groups excluding carboxylic acids is 1. The van der Waals surface area contributed by atoms with Gasteiger partial charge in [-0.2, -0.15) is 0 Å². The van der Waals surface area contributed by atoms with E-state index in [1.54, 1.807) is 11.3 Å². The van der Waals surface area contributed by atoms with E-state index in [0.717, 1.165) is 22.8 Å². The molecule has 0 fully saturated rings. The second kappa shape index (κ2) is 8.31. The molecular formula is C18H20N4OS2. The van der Waals surface area contributed by atoms with Crippen LogP contribution in [0.1, 0.15) is 20.3 Å². The normalized spacial score (nSPS) is 12.1. The molecule has 1 unspecified atom stereocenters. The van der Waals surface area contributed by atoms with Gasteiger partial charge in [0, 0.05) is 11.7 Å². The lowest BCUT2D eigenvalue weighted by molar-refractivity contribution is -0.119. The molecule has 0 radical (unpaired) electrons. The fourth-order valence-electron chi connectivity index (χ4n) is 2.29. The lowest BCUT2D eigenvalue weighted by atomic mass is 10.3. The van der Waals surface area contributed by atoms with E-state index in [-0.39, 0.29) is 11.9 Å². The van der Waals surface area contributed by atoms with Gasteiger partial charge < -0.3 is 5.32 Å². The first kappa shape index (κ1) is 17.7. The minimum Gasteiger partial charge on any atom is -0.353 e. The number of amides is 1. The van der Waals surface area contributed by atoms with Crippen LogP contribution in [0.3, 0.4) is 0 Å². The van der Waals surface area contributed by atoms with Crippen molar-refractivity contribution in [2.45, 2.75) is 31.5 Å². The second-order valence-electron chi connectivity index (χ2n) is 5.62. The fourth-order valence-corrected chi connectivity index (χ4v) is 3.75. The van der Waals surface area contributed by atoms with Crippen LogP contribution < -0.4 is 5.32 Å². The van der Waals surface area contributed by atoms with Crippen LogP contribution in [0.4, 0.5) is 0 Å². The first-order valence-corrected chi connectivity index (χ1v) is 10.0. The van der Waals surface area contributed by atoms with Gasteiger partial charge in [-0.25, -0.2) is 0 Å². The molecule has 0 aliphatic heterocycles. The van der Waals surface area contributed by atoms with Crippen LogP contribution in [-0.2, 0) is 4.79 Å². The third-order valence-electron chi connectivity index (χ3n) is 3.74. The number of hydrogen-bond acceptors (Lipinski definition) is 5. The molecule has 1 atom stereocenters. The maximum Gasteiger partial charge on any atom is 0.230 e. The van der Waals surface area contributed by atoms with Gasteiger partial charge in [0.25, 0.3) is 0 Å². The molecule has 0 aliphatic carbocycles. The molecule has 1 amide bonds. The summed E-state index contributed by atoms with van der Waals surface area (Å²) in [6.45, 7) is 4.06. The summed E-state index contributed by atoms with van der Waals surface area (Å²) in [5.41, 5.74) is 0.987. The molecular weight excluding hydrogens is 352 g/mol. The molecule has 2 aromatic heterocycles. The Bertz CT molecular complexity index is 815. The largest absolute Gasteiger partial charge is 0.353 e. The van der Waals surface area contributed by atoms with E-state index in [1.807, 2.05) is 59.3 Å². The van der Waals surface area contributed by atoms with Gasteiger partial charge in [-0.3, -0.25) is 9.36 Å². The minimum absolute atomic E-state index is 0.0136. The molecule has 0 aliphatic rings. The van der Waals surface area contributed by atoms with Gasteiger partial charge >= 0.3 is 0 Å². The van der Waals surface area contributed by atoms with E-state index in [4.69, 9.17) is 0 Å². The molecule has 0 saturated carbocycles. The van der Waals surface area contributed by atoms with Crippen LogP contribution >= 0.6 is 23.1 Å². The number of carbonyl (C=O) groups is 1. The predicted octanol–water partition coefficient (Wildman–Crippen LogP) is 4.00. The zero-order valence-corrected chi connectivity index (χ0v) is 15.8. The van der Waals surface area contributed by atoms with Crippen molar-refractivity contribution in [2.24, 2.45) is 0 Å². The van der Waals surface area contributed by atoms with Crippen molar-refractivity contribution >= 4 is 29.0 Å². The Balaban J connectivity index is 1.86. The van der Waals surface area contributed by atoms with Crippen LogP contribution in [0, 0.1) is 0 Å². The van der Waals surface area contributed by atoms with Crippen molar-refractivity contribution < 1.29 is 4.79 Å². The summed E-state index contributed by atoms with van der Waals surface area (Å²) in [5.74, 6) is 1.13. The highest BCUT2D eigenvalue weighted by molar-refractivity contribution is 7.99. The Hall–Kier alpha value is -2.12. The summed E-state index contributed by atoms with van der Waals surface area (Å²) in [5, 5.41) is 14.4. The monoisotopic (exact) mass is 372 g/mol. The fraction of sp³-hybridized carbons (Fsp3) is 0.278. The number of thiophene rings is 1. The summed E-state index contributed by atoms with van der Waals surface area (Å²) in [7, 11) is 0. The smallest absolute Gasteiger partial charge is 0.230 e. The van der Waals surface area contributed by atoms with Gasteiger partial charge in [0.05, 0.1) is 10.6 Å². The van der Waals surface area contributed by atoms with E-state index in [1.165, 1.54) is 11.8 Å². The van der Waals surface area contributed by atoms with E-state index < -0.39 is 0 Å². The summed E-state index contributed by atoms with van der Waals surface area (Å²) >= 11 is 3.02. The zero-order valence-electron chi connectivity index (χ0n) is 14.2. The maximum absolute atomic E-state index is 12.1. The molecule has 3 aromatic rings. The predicted molar refractivity (Wildman–Crippen MR) is 103 cm³/mol. The highest BCUT2D eigenvalue weighted by Gasteiger charge is 2.18. The lowest BCUT2D eigenvalue weighted by Gasteiger charge is -2.12. The first-order valence-electron chi connectivity index (χ1n) is 8.16. The van der Waals surface area contributed by atoms with Gasteiger partial charge in [-0.05, 0) is 36.9 Å². The topological polar surface area (TPSA) is 59.8 Å². The van der Waals surface area contributed by atoms with Gasteiger partial charge in [0.1, 0.15) is 0 Å². The summed E-state index contributed by atoms with van der Waals surface area (Å²) < 4.78 is 2.01. The third kappa shape index (κ3) is 4.29. The molecule has 2 heterocycles. The van der Waals surface area contributed by atoms with Crippen molar-refractivity contribution in [3.05, 3.63) is 47.8 Å². The average molecular weight is 373 g/mol. The highest BCUT2D eigenvalue weighted by Crippen LogP contribution is 2.30. The second-order valence-corrected chi connectivity index (χ2v) is 7.51. The lowest BCUT2D eigenvalue weighted by Crippen LogP contribution is -2.33. The molecule has 1 N–H and O–H groups in total. The maximum atomic E-state index is 12.1. The third-order valence-corrected chi connectivity index (χ3v) is 5.54. The molecule has 7 heteroatoms. The molecule has 25 heavy (non-hydrogen) atoms. The van der Waals surface area contributed by atoms with Crippen molar-refractivity contribution in [2.75, 3.05) is 5.75 Å². The quantitative estimate of drug-likeness (QED) is 0.637. The summed E-state index contributed by atoms with van der Waals surface area (Å²) in [6, 6.07) is 14.2. The van der Waals surface area contributed by atoms with Crippen molar-refractivity contribution in [1.29, 1.82) is 0 Å². The molecule has 1 aromatic carbocycles. The van der Waals surface area contributed by atoms with Crippen LogP contribution in [0.2, 0.25) is 0 Å². The summed E-state index contributed by atoms with van der Waals surface area (Å²) in [4.78, 5) is 13.1.